The predicted octanol–water partition coefficient (Wildman–Crippen LogP) is 3.95. The number of thioether (sulfide) groups is 1. The van der Waals surface area contributed by atoms with E-state index < -0.39 is 0 Å². The van der Waals surface area contributed by atoms with E-state index in [4.69, 9.17) is 16.3 Å². The molecule has 0 aliphatic carbocycles. The molecule has 1 heterocycles. The minimum atomic E-state index is -0.238. The Bertz CT molecular complexity index is 850. The third-order valence-corrected chi connectivity index (χ3v) is 4.40. The van der Waals surface area contributed by atoms with Gasteiger partial charge in [0.15, 0.2) is 16.7 Å². The second-order valence-corrected chi connectivity index (χ2v) is 6.31. The Labute approximate surface area is 148 Å². The van der Waals surface area contributed by atoms with Crippen LogP contribution in [0.1, 0.15) is 5.56 Å². The van der Waals surface area contributed by atoms with E-state index in [2.05, 4.69) is 10.3 Å². The highest BCUT2D eigenvalue weighted by Crippen LogP contribution is 2.36. The maximum Gasteiger partial charge on any atom is 0.264 e. The zero-order valence-corrected chi connectivity index (χ0v) is 14.2. The van der Waals surface area contributed by atoms with Crippen molar-refractivity contribution in [1.29, 1.82) is 0 Å². The first kappa shape index (κ1) is 16.4. The third kappa shape index (κ3) is 3.55. The molecule has 0 unspecified atom stereocenters. The van der Waals surface area contributed by atoms with Gasteiger partial charge in [0.25, 0.3) is 5.91 Å². The molecular formula is C17H13ClN2O3S. The summed E-state index contributed by atoms with van der Waals surface area (Å²) in [5, 5.41) is 13.1. The molecule has 2 N–H and O–H groups in total. The van der Waals surface area contributed by atoms with E-state index in [-0.39, 0.29) is 22.4 Å². The summed E-state index contributed by atoms with van der Waals surface area (Å²) in [6, 6.07) is 12.5. The van der Waals surface area contributed by atoms with E-state index >= 15 is 0 Å². The normalized spacial score (nSPS) is 17.3. The van der Waals surface area contributed by atoms with Crippen molar-refractivity contribution in [3.63, 3.8) is 0 Å². The molecule has 7 heteroatoms. The van der Waals surface area contributed by atoms with Crippen molar-refractivity contribution in [2.75, 3.05) is 7.11 Å². The number of amidine groups is 1. The van der Waals surface area contributed by atoms with Gasteiger partial charge in [-0.1, -0.05) is 29.8 Å². The van der Waals surface area contributed by atoms with Gasteiger partial charge in [0.2, 0.25) is 0 Å². The fourth-order valence-electron chi connectivity index (χ4n) is 2.08. The maximum absolute atomic E-state index is 12.1. The van der Waals surface area contributed by atoms with Gasteiger partial charge >= 0.3 is 0 Å². The summed E-state index contributed by atoms with van der Waals surface area (Å²) in [6.45, 7) is 0. The molecule has 0 bridgehead atoms. The first-order valence-electron chi connectivity index (χ1n) is 6.98. The number of amides is 1. The molecule has 3 rings (SSSR count). The van der Waals surface area contributed by atoms with Gasteiger partial charge < -0.3 is 15.2 Å². The smallest absolute Gasteiger partial charge is 0.264 e. The molecule has 1 saturated heterocycles. The molecule has 0 atom stereocenters. The van der Waals surface area contributed by atoms with E-state index in [1.54, 1.807) is 18.2 Å². The van der Waals surface area contributed by atoms with E-state index in [0.29, 0.717) is 15.6 Å². The Balaban J connectivity index is 1.88. The van der Waals surface area contributed by atoms with Crippen LogP contribution in [-0.2, 0) is 4.79 Å². The SMILES string of the molecule is COc1cc(C=C2SC(=Nc3ccccc3)NC2=O)cc(Cl)c1O. The topological polar surface area (TPSA) is 70.9 Å². The lowest BCUT2D eigenvalue weighted by Gasteiger charge is -2.06. The Morgan fingerprint density at radius 1 is 1.29 bits per heavy atom. The number of nitrogens with one attached hydrogen (secondary N) is 1. The zero-order chi connectivity index (χ0) is 17.1. The van der Waals surface area contributed by atoms with Gasteiger partial charge in [0.1, 0.15) is 0 Å². The van der Waals surface area contributed by atoms with Crippen LogP contribution in [0.2, 0.25) is 5.02 Å². The molecule has 1 fully saturated rings. The van der Waals surface area contributed by atoms with Crippen LogP contribution in [0.3, 0.4) is 0 Å². The lowest BCUT2D eigenvalue weighted by molar-refractivity contribution is -0.115. The summed E-state index contributed by atoms with van der Waals surface area (Å²) >= 11 is 7.20. The molecule has 0 spiro atoms. The summed E-state index contributed by atoms with van der Waals surface area (Å²) in [4.78, 5) is 17.0. The van der Waals surface area contributed by atoms with Crippen LogP contribution in [-0.4, -0.2) is 23.3 Å². The number of rotatable bonds is 3. The molecule has 2 aromatic carbocycles. The largest absolute Gasteiger partial charge is 0.503 e. The highest BCUT2D eigenvalue weighted by atomic mass is 35.5. The van der Waals surface area contributed by atoms with Gasteiger partial charge in [0, 0.05) is 0 Å². The number of hydrogen-bond donors (Lipinski definition) is 2. The Hall–Kier alpha value is -2.44. The van der Waals surface area contributed by atoms with Gasteiger partial charge in [-0.05, 0) is 47.7 Å². The fraction of sp³-hybridized carbons (Fsp3) is 0.0588. The summed E-state index contributed by atoms with van der Waals surface area (Å²) in [5.74, 6) is -0.120. The Morgan fingerprint density at radius 3 is 2.75 bits per heavy atom. The summed E-state index contributed by atoms with van der Waals surface area (Å²) in [5.41, 5.74) is 1.41. The number of aromatic hydroxyl groups is 1. The van der Waals surface area contributed by atoms with Crippen LogP contribution < -0.4 is 10.1 Å². The van der Waals surface area contributed by atoms with Crippen molar-refractivity contribution >= 4 is 46.2 Å². The lowest BCUT2D eigenvalue weighted by Crippen LogP contribution is -2.19. The number of nitrogens with zero attached hydrogens (tertiary/aromatic N) is 1. The van der Waals surface area contributed by atoms with Crippen LogP contribution in [0, 0.1) is 0 Å². The van der Waals surface area contributed by atoms with Crippen molar-refractivity contribution in [3.8, 4) is 11.5 Å². The number of methoxy groups -OCH3 is 1. The molecule has 1 aliphatic rings. The van der Waals surface area contributed by atoms with E-state index in [9.17, 15) is 9.90 Å². The second kappa shape index (κ2) is 6.98. The molecule has 1 aliphatic heterocycles. The molecule has 2 aromatic rings. The van der Waals surface area contributed by atoms with Crippen LogP contribution in [0.4, 0.5) is 5.69 Å². The lowest BCUT2D eigenvalue weighted by atomic mass is 10.2. The number of carbonyl (C=O) groups excluding carboxylic acids is 1. The number of ether oxygens (including phenoxy) is 1. The maximum atomic E-state index is 12.1. The first-order valence-corrected chi connectivity index (χ1v) is 8.17. The minimum Gasteiger partial charge on any atom is -0.503 e. The van der Waals surface area contributed by atoms with Crippen molar-refractivity contribution in [1.82, 2.24) is 5.32 Å². The van der Waals surface area contributed by atoms with Crippen LogP contribution in [0.15, 0.2) is 52.4 Å². The number of para-hydroxylation sites is 1. The van der Waals surface area contributed by atoms with E-state index in [0.717, 1.165) is 5.69 Å². The monoisotopic (exact) mass is 360 g/mol. The van der Waals surface area contributed by atoms with Gasteiger partial charge in [-0.25, -0.2) is 4.99 Å². The van der Waals surface area contributed by atoms with Crippen molar-refractivity contribution in [2.45, 2.75) is 0 Å². The highest BCUT2D eigenvalue weighted by molar-refractivity contribution is 8.18. The quantitative estimate of drug-likeness (QED) is 0.813. The average molecular weight is 361 g/mol. The standard InChI is InChI=1S/C17H13ClN2O3S/c1-23-13-8-10(7-12(18)15(13)21)9-14-16(22)20-17(24-14)19-11-5-3-2-4-6-11/h2-9,21H,1H3,(H,19,20,22). The fourth-order valence-corrected chi connectivity index (χ4v) is 3.15. The number of halogens is 1. The molecule has 24 heavy (non-hydrogen) atoms. The van der Waals surface area contributed by atoms with E-state index in [1.807, 2.05) is 30.3 Å². The molecule has 5 nitrogen and oxygen atoms in total. The minimum absolute atomic E-state index is 0.129. The van der Waals surface area contributed by atoms with Crippen LogP contribution in [0.5, 0.6) is 11.5 Å². The first-order chi connectivity index (χ1) is 11.6. The van der Waals surface area contributed by atoms with Crippen LogP contribution >= 0.6 is 23.4 Å². The van der Waals surface area contributed by atoms with Crippen molar-refractivity contribution in [3.05, 3.63) is 58.0 Å². The number of carbonyl (C=O) groups is 1. The Morgan fingerprint density at radius 2 is 2.04 bits per heavy atom. The molecular weight excluding hydrogens is 348 g/mol. The average Bonchev–Trinajstić information content (AvgIpc) is 2.91. The highest BCUT2D eigenvalue weighted by Gasteiger charge is 2.24. The van der Waals surface area contributed by atoms with E-state index in [1.165, 1.54) is 18.9 Å². The summed E-state index contributed by atoms with van der Waals surface area (Å²) in [7, 11) is 1.43. The third-order valence-electron chi connectivity index (χ3n) is 3.21. The number of aliphatic imine (C=N–C) groups is 1. The van der Waals surface area contributed by atoms with Gasteiger partial charge in [-0.3, -0.25) is 4.79 Å². The molecule has 0 radical (unpaired) electrons. The number of phenols is 1. The molecule has 0 aromatic heterocycles. The van der Waals surface area contributed by atoms with Crippen molar-refractivity contribution in [2.24, 2.45) is 4.99 Å². The molecule has 1 amide bonds. The number of hydrogen-bond acceptors (Lipinski definition) is 5. The second-order valence-electron chi connectivity index (χ2n) is 4.87. The van der Waals surface area contributed by atoms with Crippen molar-refractivity contribution < 1.29 is 14.6 Å². The molecule has 0 saturated carbocycles. The predicted molar refractivity (Wildman–Crippen MR) is 96.9 cm³/mol. The van der Waals surface area contributed by atoms with Crippen LogP contribution in [0.25, 0.3) is 6.08 Å². The zero-order valence-electron chi connectivity index (χ0n) is 12.6. The summed E-state index contributed by atoms with van der Waals surface area (Å²) < 4.78 is 5.06. The van der Waals surface area contributed by atoms with Gasteiger partial charge in [0.05, 0.1) is 22.7 Å². The van der Waals surface area contributed by atoms with Gasteiger partial charge in [-0.15, -0.1) is 0 Å². The Kier molecular flexibility index (Phi) is 4.78. The van der Waals surface area contributed by atoms with Gasteiger partial charge in [-0.2, -0.15) is 0 Å². The molecule has 122 valence electrons. The number of phenolic OH excluding ortho intramolecular Hbond substituents is 1. The summed E-state index contributed by atoms with van der Waals surface area (Å²) in [6.07, 6.45) is 1.67. The number of benzene rings is 2.